The van der Waals surface area contributed by atoms with Gasteiger partial charge in [0.2, 0.25) is 0 Å². The van der Waals surface area contributed by atoms with E-state index in [0.717, 1.165) is 12.0 Å². The number of anilines is 1. The van der Waals surface area contributed by atoms with Crippen LogP contribution in [0.3, 0.4) is 0 Å². The highest BCUT2D eigenvalue weighted by molar-refractivity contribution is 6.30. The fourth-order valence-electron chi connectivity index (χ4n) is 3.74. The second-order valence-corrected chi connectivity index (χ2v) is 8.44. The Morgan fingerprint density at radius 2 is 2.03 bits per heavy atom. The van der Waals surface area contributed by atoms with Gasteiger partial charge in [-0.2, -0.15) is 0 Å². The van der Waals surface area contributed by atoms with Gasteiger partial charge in [-0.15, -0.1) is 0 Å². The fourth-order valence-corrected chi connectivity index (χ4v) is 3.87. The van der Waals surface area contributed by atoms with E-state index < -0.39 is 11.9 Å². The Labute approximate surface area is 203 Å². The average molecular weight is 486 g/mol. The minimum Gasteiger partial charge on any atom is -0.491 e. The van der Waals surface area contributed by atoms with Crippen LogP contribution in [0.5, 0.6) is 5.75 Å². The molecule has 1 amide bonds. The van der Waals surface area contributed by atoms with Gasteiger partial charge in [0, 0.05) is 29.5 Å². The smallest absolute Gasteiger partial charge is 0.411 e. The van der Waals surface area contributed by atoms with Crippen LogP contribution in [0.2, 0.25) is 5.02 Å². The molecular formula is C25H28ClN3O5. The van der Waals surface area contributed by atoms with Crippen LogP contribution < -0.4 is 10.1 Å². The number of nitrogens with zero attached hydrogens (tertiary/aromatic N) is 2. The van der Waals surface area contributed by atoms with Crippen molar-refractivity contribution >= 4 is 23.4 Å². The van der Waals surface area contributed by atoms with E-state index in [2.05, 4.69) is 10.3 Å². The van der Waals surface area contributed by atoms with Crippen LogP contribution in [0.15, 0.2) is 67.3 Å². The number of halogens is 1. The summed E-state index contributed by atoms with van der Waals surface area (Å²) >= 11 is 6.01. The second kappa shape index (κ2) is 11.4. The lowest BCUT2D eigenvalue weighted by Crippen LogP contribution is -2.37. The molecule has 8 nitrogen and oxygen atoms in total. The number of amides is 1. The van der Waals surface area contributed by atoms with Gasteiger partial charge in [-0.05, 0) is 55.3 Å². The van der Waals surface area contributed by atoms with Gasteiger partial charge in [-0.25, -0.2) is 9.78 Å². The Kier molecular flexibility index (Phi) is 8.05. The molecule has 0 bridgehead atoms. The van der Waals surface area contributed by atoms with Crippen molar-refractivity contribution in [3.63, 3.8) is 0 Å². The minimum absolute atomic E-state index is 0.217. The van der Waals surface area contributed by atoms with E-state index >= 15 is 0 Å². The van der Waals surface area contributed by atoms with Crippen molar-refractivity contribution in [1.82, 2.24) is 9.55 Å². The molecule has 0 aliphatic carbocycles. The SMILES string of the molecule is CCOC(=O)Nc1ccc(OC[C@H]2CO[C@@](CCc3ccc(Cl)cc3)(Cn3ccnc3)O2)cc1. The molecule has 4 rings (SSSR count). The summed E-state index contributed by atoms with van der Waals surface area (Å²) in [5, 5.41) is 3.37. The van der Waals surface area contributed by atoms with Crippen molar-refractivity contribution in [3.8, 4) is 5.75 Å². The molecule has 0 saturated carbocycles. The van der Waals surface area contributed by atoms with Crippen molar-refractivity contribution in [2.75, 3.05) is 25.1 Å². The monoisotopic (exact) mass is 485 g/mol. The summed E-state index contributed by atoms with van der Waals surface area (Å²) in [5.41, 5.74) is 1.80. The Balaban J connectivity index is 1.33. The lowest BCUT2D eigenvalue weighted by atomic mass is 10.0. The molecule has 2 atom stereocenters. The fraction of sp³-hybridized carbons (Fsp3) is 0.360. The summed E-state index contributed by atoms with van der Waals surface area (Å²) < 4.78 is 25.4. The normalized spacial score (nSPS) is 19.6. The van der Waals surface area contributed by atoms with Crippen molar-refractivity contribution in [1.29, 1.82) is 0 Å². The maximum absolute atomic E-state index is 11.5. The number of aromatic nitrogens is 2. The molecule has 1 aliphatic rings. The summed E-state index contributed by atoms with van der Waals surface area (Å²) in [6.45, 7) is 3.38. The van der Waals surface area contributed by atoms with Crippen LogP contribution in [-0.2, 0) is 27.2 Å². The summed E-state index contributed by atoms with van der Waals surface area (Å²) in [5.74, 6) is -0.104. The van der Waals surface area contributed by atoms with Crippen molar-refractivity contribution in [3.05, 3.63) is 77.8 Å². The average Bonchev–Trinajstić information content (AvgIpc) is 3.49. The second-order valence-electron chi connectivity index (χ2n) is 8.00. The number of carbonyl (C=O) groups is 1. The van der Waals surface area contributed by atoms with E-state index in [1.807, 2.05) is 35.0 Å². The van der Waals surface area contributed by atoms with Gasteiger partial charge in [0.1, 0.15) is 18.5 Å². The number of aryl methyl sites for hydroxylation is 1. The van der Waals surface area contributed by atoms with Gasteiger partial charge in [0.25, 0.3) is 0 Å². The molecule has 180 valence electrons. The van der Waals surface area contributed by atoms with Crippen LogP contribution in [0.4, 0.5) is 10.5 Å². The number of carbonyl (C=O) groups excluding carboxylic acids is 1. The van der Waals surface area contributed by atoms with E-state index in [-0.39, 0.29) is 6.10 Å². The van der Waals surface area contributed by atoms with Crippen molar-refractivity contribution in [2.24, 2.45) is 0 Å². The van der Waals surface area contributed by atoms with Gasteiger partial charge in [0.05, 0.1) is 26.1 Å². The highest BCUT2D eigenvalue weighted by Gasteiger charge is 2.42. The number of rotatable bonds is 10. The Morgan fingerprint density at radius 1 is 1.24 bits per heavy atom. The summed E-state index contributed by atoms with van der Waals surface area (Å²) in [6, 6.07) is 14.9. The van der Waals surface area contributed by atoms with Gasteiger partial charge >= 0.3 is 6.09 Å². The first-order valence-electron chi connectivity index (χ1n) is 11.2. The third-order valence-electron chi connectivity index (χ3n) is 5.42. The first-order chi connectivity index (χ1) is 16.5. The molecule has 2 aromatic carbocycles. The van der Waals surface area contributed by atoms with Crippen LogP contribution in [-0.4, -0.2) is 47.4 Å². The van der Waals surface area contributed by atoms with E-state index in [9.17, 15) is 4.79 Å². The number of hydrogen-bond donors (Lipinski definition) is 1. The zero-order chi connectivity index (χ0) is 23.8. The molecule has 3 aromatic rings. The number of nitrogens with one attached hydrogen (secondary N) is 1. The minimum atomic E-state index is -0.776. The first kappa shape index (κ1) is 24.1. The largest absolute Gasteiger partial charge is 0.491 e. The standard InChI is InChI=1S/C25H28ClN3O5/c1-2-31-24(30)28-21-7-9-22(10-8-21)32-15-23-16-33-25(34-23,17-29-14-13-27-18-29)12-11-19-3-5-20(26)6-4-19/h3-10,13-14,18,23H,2,11-12,15-17H2,1H3,(H,28,30)/t23-,25+/m0/s1. The molecule has 1 aliphatic heterocycles. The summed E-state index contributed by atoms with van der Waals surface area (Å²) in [4.78, 5) is 15.7. The third-order valence-corrected chi connectivity index (χ3v) is 5.67. The molecule has 0 radical (unpaired) electrons. The van der Waals surface area contributed by atoms with Gasteiger partial charge < -0.3 is 23.5 Å². The Morgan fingerprint density at radius 3 is 2.74 bits per heavy atom. The van der Waals surface area contributed by atoms with Crippen LogP contribution in [0.1, 0.15) is 18.9 Å². The zero-order valence-corrected chi connectivity index (χ0v) is 19.7. The molecule has 9 heteroatoms. The third kappa shape index (κ3) is 6.72. The van der Waals surface area contributed by atoms with E-state index in [1.54, 1.807) is 43.7 Å². The number of imidazole rings is 1. The summed E-state index contributed by atoms with van der Waals surface area (Å²) in [7, 11) is 0. The van der Waals surface area contributed by atoms with Crippen molar-refractivity contribution < 1.29 is 23.7 Å². The van der Waals surface area contributed by atoms with Gasteiger partial charge in [-0.1, -0.05) is 23.7 Å². The molecule has 1 fully saturated rings. The maximum atomic E-state index is 11.5. The maximum Gasteiger partial charge on any atom is 0.411 e. The van der Waals surface area contributed by atoms with E-state index in [4.69, 9.17) is 30.5 Å². The first-order valence-corrected chi connectivity index (χ1v) is 11.6. The summed E-state index contributed by atoms with van der Waals surface area (Å²) in [6.07, 6.45) is 6.15. The van der Waals surface area contributed by atoms with E-state index in [1.165, 1.54) is 0 Å². The topological polar surface area (TPSA) is 83.8 Å². The van der Waals surface area contributed by atoms with Crippen LogP contribution in [0.25, 0.3) is 0 Å². The molecule has 0 unspecified atom stereocenters. The highest BCUT2D eigenvalue weighted by Crippen LogP contribution is 2.31. The molecule has 2 heterocycles. The van der Waals surface area contributed by atoms with Crippen molar-refractivity contribution in [2.45, 2.75) is 38.2 Å². The predicted molar refractivity (Wildman–Crippen MR) is 128 cm³/mol. The predicted octanol–water partition coefficient (Wildman–Crippen LogP) is 4.93. The van der Waals surface area contributed by atoms with Gasteiger partial charge in [0.15, 0.2) is 5.79 Å². The number of hydrogen-bond acceptors (Lipinski definition) is 6. The molecule has 34 heavy (non-hydrogen) atoms. The zero-order valence-electron chi connectivity index (χ0n) is 19.0. The molecule has 0 spiro atoms. The molecule has 1 aromatic heterocycles. The van der Waals surface area contributed by atoms with Gasteiger partial charge in [-0.3, -0.25) is 5.32 Å². The lowest BCUT2D eigenvalue weighted by Gasteiger charge is -2.28. The lowest BCUT2D eigenvalue weighted by molar-refractivity contribution is -0.184. The van der Waals surface area contributed by atoms with E-state index in [0.29, 0.717) is 49.2 Å². The number of benzene rings is 2. The van der Waals surface area contributed by atoms with Crippen LogP contribution in [0, 0.1) is 0 Å². The quantitative estimate of drug-likeness (QED) is 0.438. The number of ether oxygens (including phenoxy) is 4. The Bertz CT molecular complexity index is 1040. The molecule has 1 saturated heterocycles. The Hall–Kier alpha value is -3.07. The highest BCUT2D eigenvalue weighted by atomic mass is 35.5. The molecular weight excluding hydrogens is 458 g/mol. The van der Waals surface area contributed by atoms with Crippen LogP contribution >= 0.6 is 11.6 Å². The molecule has 1 N–H and O–H groups in total.